The van der Waals surface area contributed by atoms with Crippen LogP contribution in [0.4, 0.5) is 0 Å². The molecule has 0 aromatic carbocycles. The molecule has 1 atom stereocenters. The van der Waals surface area contributed by atoms with Gasteiger partial charge >= 0.3 is 0 Å². The van der Waals surface area contributed by atoms with E-state index in [1.807, 2.05) is 0 Å². The molecule has 0 saturated heterocycles. The first kappa shape index (κ1) is 9.92. The molecule has 10 heavy (non-hydrogen) atoms. The van der Waals surface area contributed by atoms with E-state index in [9.17, 15) is 5.11 Å². The van der Waals surface area contributed by atoms with Crippen LogP contribution >= 0.6 is 0 Å². The smallest absolute Gasteiger partial charge is 0.0567 e. The van der Waals surface area contributed by atoms with Crippen LogP contribution in [0.15, 0.2) is 0 Å². The summed E-state index contributed by atoms with van der Waals surface area (Å²) >= 11 is 0. The van der Waals surface area contributed by atoms with E-state index in [2.05, 4.69) is 20.8 Å². The van der Waals surface area contributed by atoms with Crippen molar-refractivity contribution in [3.63, 3.8) is 0 Å². The van der Waals surface area contributed by atoms with Gasteiger partial charge in [0.1, 0.15) is 0 Å². The number of aliphatic hydroxyl groups excluding tert-OH is 2. The van der Waals surface area contributed by atoms with Gasteiger partial charge in [-0.3, -0.25) is 0 Å². The van der Waals surface area contributed by atoms with Crippen LogP contribution in [0.3, 0.4) is 0 Å². The van der Waals surface area contributed by atoms with E-state index in [4.69, 9.17) is 5.11 Å². The SMILES string of the molecule is CC(C)(C)C[C@H](O)CCO. The molecular weight excluding hydrogens is 128 g/mol. The molecule has 0 aliphatic rings. The van der Waals surface area contributed by atoms with Gasteiger partial charge in [0.15, 0.2) is 0 Å². The molecule has 2 N–H and O–H groups in total. The molecule has 0 bridgehead atoms. The van der Waals surface area contributed by atoms with Gasteiger partial charge in [0.2, 0.25) is 0 Å². The lowest BCUT2D eigenvalue weighted by Gasteiger charge is -2.21. The molecule has 62 valence electrons. The largest absolute Gasteiger partial charge is 0.396 e. The zero-order valence-electron chi connectivity index (χ0n) is 7.09. The Kier molecular flexibility index (Phi) is 3.91. The zero-order chi connectivity index (χ0) is 8.20. The Hall–Kier alpha value is -0.0800. The van der Waals surface area contributed by atoms with E-state index >= 15 is 0 Å². The van der Waals surface area contributed by atoms with Crippen LogP contribution in [0, 0.1) is 5.41 Å². The number of aliphatic hydroxyl groups is 2. The van der Waals surface area contributed by atoms with E-state index in [1.54, 1.807) is 0 Å². The van der Waals surface area contributed by atoms with Gasteiger partial charge in [-0.15, -0.1) is 0 Å². The minimum atomic E-state index is -0.343. The summed E-state index contributed by atoms with van der Waals surface area (Å²) in [6.45, 7) is 6.31. The molecule has 0 fully saturated rings. The van der Waals surface area contributed by atoms with Crippen molar-refractivity contribution in [3.05, 3.63) is 0 Å². The molecule has 2 heteroatoms. The van der Waals surface area contributed by atoms with Gasteiger partial charge in [0.05, 0.1) is 6.10 Å². The fourth-order valence-corrected chi connectivity index (χ4v) is 0.958. The predicted molar refractivity (Wildman–Crippen MR) is 41.8 cm³/mol. The Morgan fingerprint density at radius 1 is 1.30 bits per heavy atom. The van der Waals surface area contributed by atoms with Crippen molar-refractivity contribution in [1.82, 2.24) is 0 Å². The maximum Gasteiger partial charge on any atom is 0.0567 e. The molecule has 0 saturated carbocycles. The average Bonchev–Trinajstić information content (AvgIpc) is 1.59. The van der Waals surface area contributed by atoms with Crippen molar-refractivity contribution in [1.29, 1.82) is 0 Å². The highest BCUT2D eigenvalue weighted by Crippen LogP contribution is 2.21. The average molecular weight is 146 g/mol. The summed E-state index contributed by atoms with van der Waals surface area (Å²) in [5.74, 6) is 0. The van der Waals surface area contributed by atoms with Crippen LogP contribution in [-0.2, 0) is 0 Å². The second-order valence-corrected chi connectivity index (χ2v) is 3.93. The van der Waals surface area contributed by atoms with Crippen molar-refractivity contribution >= 4 is 0 Å². The summed E-state index contributed by atoms with van der Waals surface area (Å²) < 4.78 is 0. The minimum Gasteiger partial charge on any atom is -0.396 e. The van der Waals surface area contributed by atoms with Crippen LogP contribution in [0.1, 0.15) is 33.6 Å². The summed E-state index contributed by atoms with van der Waals surface area (Å²) in [4.78, 5) is 0. The third kappa shape index (κ3) is 6.05. The molecule has 0 aliphatic carbocycles. The Labute approximate surface area is 62.9 Å². The fraction of sp³-hybridized carbons (Fsp3) is 1.00. The van der Waals surface area contributed by atoms with E-state index in [1.165, 1.54) is 0 Å². The normalized spacial score (nSPS) is 15.3. The second-order valence-electron chi connectivity index (χ2n) is 3.93. The van der Waals surface area contributed by atoms with Gasteiger partial charge in [-0.05, 0) is 18.3 Å². The maximum atomic E-state index is 9.22. The number of rotatable bonds is 3. The van der Waals surface area contributed by atoms with Crippen molar-refractivity contribution in [3.8, 4) is 0 Å². The van der Waals surface area contributed by atoms with Crippen LogP contribution in [0.2, 0.25) is 0 Å². The van der Waals surface area contributed by atoms with Crippen molar-refractivity contribution in [2.24, 2.45) is 5.41 Å². The summed E-state index contributed by atoms with van der Waals surface area (Å²) in [5.41, 5.74) is 0.161. The highest BCUT2D eigenvalue weighted by molar-refractivity contribution is 4.67. The summed E-state index contributed by atoms with van der Waals surface area (Å²) in [6.07, 6.45) is 0.912. The lowest BCUT2D eigenvalue weighted by molar-refractivity contribution is 0.0925. The third-order valence-corrected chi connectivity index (χ3v) is 1.31. The molecule has 0 aromatic heterocycles. The van der Waals surface area contributed by atoms with Gasteiger partial charge in [0, 0.05) is 6.61 Å². The standard InChI is InChI=1S/C8H18O2/c1-8(2,3)6-7(10)4-5-9/h7,9-10H,4-6H2,1-3H3/t7-/m1/s1. The maximum absolute atomic E-state index is 9.22. The molecule has 0 rings (SSSR count). The van der Waals surface area contributed by atoms with Gasteiger partial charge in [0.25, 0.3) is 0 Å². The molecular formula is C8H18O2. The first-order chi connectivity index (χ1) is 4.45. The number of hydrogen-bond acceptors (Lipinski definition) is 2. The topological polar surface area (TPSA) is 40.5 Å². The van der Waals surface area contributed by atoms with Crippen molar-refractivity contribution in [2.75, 3.05) is 6.61 Å². The van der Waals surface area contributed by atoms with Gasteiger partial charge < -0.3 is 10.2 Å². The number of hydrogen-bond donors (Lipinski definition) is 2. The Morgan fingerprint density at radius 3 is 2.10 bits per heavy atom. The third-order valence-electron chi connectivity index (χ3n) is 1.31. The van der Waals surface area contributed by atoms with E-state index in [-0.39, 0.29) is 18.1 Å². The van der Waals surface area contributed by atoms with Crippen LogP contribution in [0.5, 0.6) is 0 Å². The lowest BCUT2D eigenvalue weighted by atomic mass is 9.88. The molecule has 0 amide bonds. The van der Waals surface area contributed by atoms with E-state index in [0.717, 1.165) is 6.42 Å². The van der Waals surface area contributed by atoms with E-state index in [0.29, 0.717) is 6.42 Å². The minimum absolute atomic E-state index is 0.0806. The van der Waals surface area contributed by atoms with Crippen LogP contribution in [0.25, 0.3) is 0 Å². The van der Waals surface area contributed by atoms with Gasteiger partial charge in [-0.25, -0.2) is 0 Å². The Morgan fingerprint density at radius 2 is 1.80 bits per heavy atom. The molecule has 0 radical (unpaired) electrons. The Balaban J connectivity index is 3.47. The molecule has 0 spiro atoms. The summed E-state index contributed by atoms with van der Waals surface area (Å²) in [6, 6.07) is 0. The highest BCUT2D eigenvalue weighted by Gasteiger charge is 2.15. The second kappa shape index (κ2) is 3.94. The summed E-state index contributed by atoms with van der Waals surface area (Å²) in [5, 5.41) is 17.7. The van der Waals surface area contributed by atoms with E-state index < -0.39 is 0 Å². The predicted octanol–water partition coefficient (Wildman–Crippen LogP) is 1.17. The highest BCUT2D eigenvalue weighted by atomic mass is 16.3. The summed E-state index contributed by atoms with van der Waals surface area (Å²) in [7, 11) is 0. The van der Waals surface area contributed by atoms with Gasteiger partial charge in [-0.1, -0.05) is 20.8 Å². The first-order valence-electron chi connectivity index (χ1n) is 3.74. The fourth-order valence-electron chi connectivity index (χ4n) is 0.958. The van der Waals surface area contributed by atoms with Crippen molar-refractivity contribution in [2.45, 2.75) is 39.7 Å². The molecule has 2 nitrogen and oxygen atoms in total. The molecule has 0 heterocycles. The quantitative estimate of drug-likeness (QED) is 0.627. The Bertz CT molecular complexity index is 83.7. The zero-order valence-corrected chi connectivity index (χ0v) is 7.09. The van der Waals surface area contributed by atoms with Crippen molar-refractivity contribution < 1.29 is 10.2 Å². The van der Waals surface area contributed by atoms with Crippen LogP contribution < -0.4 is 0 Å². The lowest BCUT2D eigenvalue weighted by Crippen LogP contribution is -2.18. The first-order valence-corrected chi connectivity index (χ1v) is 3.74. The monoisotopic (exact) mass is 146 g/mol. The van der Waals surface area contributed by atoms with Crippen LogP contribution in [-0.4, -0.2) is 22.9 Å². The molecule has 0 aromatic rings. The molecule has 0 unspecified atom stereocenters. The van der Waals surface area contributed by atoms with Gasteiger partial charge in [-0.2, -0.15) is 0 Å². The molecule has 0 aliphatic heterocycles.